The van der Waals surface area contributed by atoms with E-state index in [1.165, 1.54) is 6.33 Å². The Hall–Kier alpha value is -2.72. The van der Waals surface area contributed by atoms with Crippen molar-refractivity contribution in [3.8, 4) is 5.75 Å². The fraction of sp³-hybridized carbons (Fsp3) is 0.458. The summed E-state index contributed by atoms with van der Waals surface area (Å²) in [7, 11) is 0. The van der Waals surface area contributed by atoms with Crippen molar-refractivity contribution in [1.82, 2.24) is 14.5 Å². The van der Waals surface area contributed by atoms with E-state index in [4.69, 9.17) is 36.3 Å². The predicted molar refractivity (Wildman–Crippen MR) is 123 cm³/mol. The minimum absolute atomic E-state index is 0.107. The molecule has 9 nitrogen and oxygen atoms in total. The number of Topliss-reactive ketones (excluding diaryl/α,β-unsaturated/α-hetero) is 1. The van der Waals surface area contributed by atoms with Crippen molar-refractivity contribution in [3.63, 3.8) is 0 Å². The molecule has 2 aromatic heterocycles. The number of fused-ring (bicyclic) bond motifs is 2. The summed E-state index contributed by atoms with van der Waals surface area (Å²) in [5.41, 5.74) is 7.41. The van der Waals surface area contributed by atoms with E-state index in [1.807, 2.05) is 42.8 Å². The summed E-state index contributed by atoms with van der Waals surface area (Å²) in [5, 5.41) is 1.25. The molecule has 0 radical (unpaired) electrons. The van der Waals surface area contributed by atoms with Gasteiger partial charge in [0.2, 0.25) is 0 Å². The van der Waals surface area contributed by atoms with Gasteiger partial charge in [-0.15, -0.1) is 0 Å². The van der Waals surface area contributed by atoms with Gasteiger partial charge in [-0.1, -0.05) is 17.7 Å². The Labute approximate surface area is 201 Å². The number of carbonyl (C=O) groups is 1. The molecule has 6 rings (SSSR count). The highest BCUT2D eigenvalue weighted by atomic mass is 35.5. The molecule has 10 heteroatoms. The van der Waals surface area contributed by atoms with Gasteiger partial charge in [-0.2, -0.15) is 0 Å². The summed E-state index contributed by atoms with van der Waals surface area (Å²) >= 11 is 6.28. The maximum Gasteiger partial charge on any atom is 0.168 e. The number of hydrogen-bond donors (Lipinski definition) is 1. The van der Waals surface area contributed by atoms with E-state index < -0.39 is 30.3 Å². The average molecular weight is 485 g/mol. The second-order valence-corrected chi connectivity index (χ2v) is 9.86. The molecule has 3 aliphatic rings. The summed E-state index contributed by atoms with van der Waals surface area (Å²) in [6, 6.07) is 7.25. The Morgan fingerprint density at radius 3 is 2.82 bits per heavy atom. The number of ketones is 1. The molecule has 0 amide bonds. The Morgan fingerprint density at radius 1 is 1.24 bits per heavy atom. The molecule has 4 heterocycles. The number of ether oxygens (including phenoxy) is 4. The lowest BCUT2D eigenvalue weighted by Crippen LogP contribution is -2.36. The lowest BCUT2D eigenvalue weighted by Gasteiger charge is -2.24. The molecule has 1 aliphatic carbocycles. The van der Waals surface area contributed by atoms with Gasteiger partial charge in [0.25, 0.3) is 0 Å². The standard InChI is InChI=1S/C24H25ClN4O5/c1-24(2)33-19-18(16(30)9-12-3-6-15(25)17(10-12)31-13-4-5-13)32-23(20(19)34-24)29-8-7-14-21(26)27-11-28-22(14)29/h3,6-8,10-11,13,18-20,23H,4-5,9H2,1-2H3,(H2,26,27,28)/t18-,19-,20-,23-/m1/s1. The SMILES string of the molecule is CC1(C)O[C@@H]2[C@H](O1)[C@@H](C(=O)Cc1ccc(Cl)c(OC3CC3)c1)O[C@H]2n1ccc2c(N)ncnc21. The van der Waals surface area contributed by atoms with E-state index in [0.29, 0.717) is 27.6 Å². The number of anilines is 1. The first-order valence-corrected chi connectivity index (χ1v) is 11.7. The van der Waals surface area contributed by atoms with Crippen LogP contribution in [0.15, 0.2) is 36.8 Å². The van der Waals surface area contributed by atoms with Crippen LogP contribution in [-0.4, -0.2) is 50.5 Å². The molecule has 178 valence electrons. The molecule has 2 N–H and O–H groups in total. The van der Waals surface area contributed by atoms with Crippen molar-refractivity contribution in [1.29, 1.82) is 0 Å². The van der Waals surface area contributed by atoms with E-state index in [2.05, 4.69) is 9.97 Å². The van der Waals surface area contributed by atoms with E-state index >= 15 is 0 Å². The third kappa shape index (κ3) is 3.82. The Kier molecular flexibility index (Phi) is 5.07. The summed E-state index contributed by atoms with van der Waals surface area (Å²) in [6.07, 6.45) is 3.18. The fourth-order valence-electron chi connectivity index (χ4n) is 4.67. The molecular formula is C24H25ClN4O5. The summed E-state index contributed by atoms with van der Waals surface area (Å²) in [4.78, 5) is 21.9. The molecule has 3 aromatic rings. The van der Waals surface area contributed by atoms with Crippen LogP contribution in [0.3, 0.4) is 0 Å². The van der Waals surface area contributed by atoms with Gasteiger partial charge < -0.3 is 29.2 Å². The number of nitrogens with two attached hydrogens (primary N) is 1. The number of halogens is 1. The first-order valence-electron chi connectivity index (χ1n) is 11.3. The lowest BCUT2D eigenvalue weighted by molar-refractivity contribution is -0.196. The van der Waals surface area contributed by atoms with Gasteiger partial charge >= 0.3 is 0 Å². The largest absolute Gasteiger partial charge is 0.489 e. The summed E-state index contributed by atoms with van der Waals surface area (Å²) in [6.45, 7) is 3.66. The molecule has 1 aromatic carbocycles. The number of hydrogen-bond acceptors (Lipinski definition) is 8. The molecule has 4 atom stereocenters. The van der Waals surface area contributed by atoms with Crippen molar-refractivity contribution >= 4 is 34.2 Å². The van der Waals surface area contributed by atoms with Crippen molar-refractivity contribution in [3.05, 3.63) is 47.4 Å². The van der Waals surface area contributed by atoms with Crippen LogP contribution in [0.5, 0.6) is 5.75 Å². The Morgan fingerprint density at radius 2 is 2.03 bits per heavy atom. The maximum atomic E-state index is 13.4. The third-order valence-electron chi connectivity index (χ3n) is 6.35. The van der Waals surface area contributed by atoms with Crippen LogP contribution < -0.4 is 10.5 Å². The number of nitrogens with zero attached hydrogens (tertiary/aromatic N) is 3. The number of nitrogen functional groups attached to an aromatic ring is 1. The number of rotatable bonds is 6. The van der Waals surface area contributed by atoms with Gasteiger partial charge in [-0.3, -0.25) is 4.79 Å². The second kappa shape index (κ2) is 7.91. The van der Waals surface area contributed by atoms with E-state index in [1.54, 1.807) is 6.07 Å². The highest BCUT2D eigenvalue weighted by Gasteiger charge is 2.58. The zero-order chi connectivity index (χ0) is 23.6. The highest BCUT2D eigenvalue weighted by molar-refractivity contribution is 6.32. The van der Waals surface area contributed by atoms with Gasteiger partial charge in [0.05, 0.1) is 16.5 Å². The van der Waals surface area contributed by atoms with Gasteiger partial charge in [0, 0.05) is 12.6 Å². The van der Waals surface area contributed by atoms with Crippen LogP contribution >= 0.6 is 11.6 Å². The molecule has 3 fully saturated rings. The fourth-order valence-corrected chi connectivity index (χ4v) is 4.83. The van der Waals surface area contributed by atoms with Gasteiger partial charge in [0.1, 0.15) is 41.9 Å². The minimum Gasteiger partial charge on any atom is -0.489 e. The van der Waals surface area contributed by atoms with E-state index in [9.17, 15) is 4.79 Å². The Balaban J connectivity index is 1.28. The van der Waals surface area contributed by atoms with Crippen molar-refractivity contribution in [2.24, 2.45) is 0 Å². The molecule has 2 saturated heterocycles. The topological polar surface area (TPSA) is 111 Å². The van der Waals surface area contributed by atoms with Crippen LogP contribution in [0.4, 0.5) is 5.82 Å². The zero-order valence-electron chi connectivity index (χ0n) is 18.8. The lowest BCUT2D eigenvalue weighted by atomic mass is 10.0. The summed E-state index contributed by atoms with van der Waals surface area (Å²) in [5.74, 6) is 0.0272. The molecule has 0 unspecified atom stereocenters. The number of carbonyl (C=O) groups excluding carboxylic acids is 1. The second-order valence-electron chi connectivity index (χ2n) is 9.46. The quantitative estimate of drug-likeness (QED) is 0.566. The van der Waals surface area contributed by atoms with Crippen LogP contribution in [0, 0.1) is 0 Å². The number of benzene rings is 1. The van der Waals surface area contributed by atoms with Gasteiger partial charge in [0.15, 0.2) is 17.8 Å². The minimum atomic E-state index is -0.849. The van der Waals surface area contributed by atoms with Crippen LogP contribution in [0.2, 0.25) is 5.02 Å². The molecule has 0 spiro atoms. The van der Waals surface area contributed by atoms with Gasteiger partial charge in [-0.05, 0) is 50.5 Å². The molecule has 34 heavy (non-hydrogen) atoms. The zero-order valence-corrected chi connectivity index (χ0v) is 19.6. The van der Waals surface area contributed by atoms with Crippen LogP contribution in [-0.2, 0) is 25.4 Å². The maximum absolute atomic E-state index is 13.4. The summed E-state index contributed by atoms with van der Waals surface area (Å²) < 4.78 is 26.3. The first kappa shape index (κ1) is 21.8. The average Bonchev–Trinajstić information content (AvgIpc) is 3.26. The van der Waals surface area contributed by atoms with Crippen molar-refractivity contribution in [2.75, 3.05) is 5.73 Å². The van der Waals surface area contributed by atoms with Crippen molar-refractivity contribution < 1.29 is 23.7 Å². The predicted octanol–water partition coefficient (Wildman–Crippen LogP) is 3.44. The smallest absolute Gasteiger partial charge is 0.168 e. The molecular weight excluding hydrogens is 460 g/mol. The molecule has 2 aliphatic heterocycles. The molecule has 0 bridgehead atoms. The van der Waals surface area contributed by atoms with E-state index in [0.717, 1.165) is 18.4 Å². The first-order chi connectivity index (χ1) is 16.3. The number of aromatic nitrogens is 3. The van der Waals surface area contributed by atoms with Crippen molar-refractivity contribution in [2.45, 2.75) is 69.5 Å². The monoisotopic (exact) mass is 484 g/mol. The van der Waals surface area contributed by atoms with Crippen LogP contribution in [0.25, 0.3) is 11.0 Å². The molecule has 1 saturated carbocycles. The third-order valence-corrected chi connectivity index (χ3v) is 6.66. The highest BCUT2D eigenvalue weighted by Crippen LogP contribution is 2.44. The normalized spacial score (nSPS) is 27.7. The van der Waals surface area contributed by atoms with Gasteiger partial charge in [-0.25, -0.2) is 9.97 Å². The van der Waals surface area contributed by atoms with E-state index in [-0.39, 0.29) is 18.3 Å². The van der Waals surface area contributed by atoms with Crippen LogP contribution in [0.1, 0.15) is 38.5 Å². The Bertz CT molecular complexity index is 1270.